The Balaban J connectivity index is -0.0000000453. The van der Waals surface area contributed by atoms with Gasteiger partial charge >= 0.3 is 0 Å². The minimum atomic E-state index is 0. The molecule has 0 N–H and O–H groups in total. The molecule has 226 valence electrons. The first-order chi connectivity index (χ1) is 14.7. The molecule has 0 saturated carbocycles. The third-order valence-electron chi connectivity index (χ3n) is 6.54. The average Bonchev–Trinajstić information content (AvgIpc) is 2.77. The van der Waals surface area contributed by atoms with Gasteiger partial charge in [0.15, 0.2) is 0 Å². The van der Waals surface area contributed by atoms with Crippen molar-refractivity contribution in [3.63, 3.8) is 0 Å². The standard InChI is InChI=1S/C10H22.C8H18.C7H16.C6H14.4CH4/c1-4-6-8-10(3)9-7-5-2;1-4-6-8(3)7-5-2;1-4-6-7(3)5-2;1-4-6(3)5-2;;;;/h10H,4-9H2,1-3H3;8H,4-7H2,1-3H3;7H,4-6H2,1-3H3;6H,4-5H2,1-3H3;4*1H4. The second-order valence-corrected chi connectivity index (χ2v) is 10.3. The van der Waals surface area contributed by atoms with Crippen LogP contribution in [0.25, 0.3) is 0 Å². The van der Waals surface area contributed by atoms with Crippen LogP contribution < -0.4 is 0 Å². The van der Waals surface area contributed by atoms with E-state index in [2.05, 4.69) is 83.1 Å². The molecule has 1 unspecified atom stereocenters. The lowest BCUT2D eigenvalue weighted by atomic mass is 9.98. The van der Waals surface area contributed by atoms with Gasteiger partial charge < -0.3 is 0 Å². The first-order valence-corrected chi connectivity index (χ1v) is 14.7. The Bertz CT molecular complexity index is 239. The lowest BCUT2D eigenvalue weighted by Crippen LogP contribution is -1.93. The van der Waals surface area contributed by atoms with Gasteiger partial charge in [-0.15, -0.1) is 0 Å². The lowest BCUT2D eigenvalue weighted by molar-refractivity contribution is 0.454. The molecule has 0 aliphatic rings. The summed E-state index contributed by atoms with van der Waals surface area (Å²) in [6.45, 7) is 27.3. The minimum absolute atomic E-state index is 0. The minimum Gasteiger partial charge on any atom is -0.0776 e. The van der Waals surface area contributed by atoms with Crippen molar-refractivity contribution < 1.29 is 0 Å². The second-order valence-electron chi connectivity index (χ2n) is 10.3. The molecule has 0 saturated heterocycles. The van der Waals surface area contributed by atoms with Crippen molar-refractivity contribution in [2.24, 2.45) is 23.7 Å². The summed E-state index contributed by atoms with van der Waals surface area (Å²) in [5.74, 6) is 3.82. The Hall–Kier alpha value is 0. The van der Waals surface area contributed by atoms with Gasteiger partial charge in [0.1, 0.15) is 0 Å². The molecular weight excluding hydrogens is 420 g/mol. The highest BCUT2D eigenvalue weighted by Crippen LogP contribution is 2.14. The van der Waals surface area contributed by atoms with Crippen molar-refractivity contribution >= 4 is 0 Å². The Kier molecular flexibility index (Phi) is 80.5. The van der Waals surface area contributed by atoms with Crippen molar-refractivity contribution in [2.75, 3.05) is 0 Å². The number of unbranched alkanes of at least 4 members (excludes halogenated alkanes) is 2. The SMILES string of the molecule is C.C.C.C.CCC(C)CC.CCCC(C)CC.CCCC(C)CCC.CCCCC(C)CCCC. The summed E-state index contributed by atoms with van der Waals surface area (Å²) in [7, 11) is 0. The quantitative estimate of drug-likeness (QED) is 0.207. The van der Waals surface area contributed by atoms with Gasteiger partial charge in [-0.1, -0.05) is 209 Å². The van der Waals surface area contributed by atoms with Gasteiger partial charge in [0, 0.05) is 0 Å². The zero-order valence-electron chi connectivity index (χ0n) is 24.9. The Morgan fingerprint density at radius 2 is 0.571 bits per heavy atom. The Morgan fingerprint density at radius 3 is 0.743 bits per heavy atom. The molecule has 0 heteroatoms. The van der Waals surface area contributed by atoms with Gasteiger partial charge in [-0.3, -0.25) is 0 Å². The van der Waals surface area contributed by atoms with Crippen molar-refractivity contribution in [3.05, 3.63) is 0 Å². The molecule has 0 amide bonds. The van der Waals surface area contributed by atoms with Crippen LogP contribution in [0, 0.1) is 23.7 Å². The molecule has 0 heterocycles. The normalized spacial score (nSPS) is 10.0. The summed E-state index contributed by atoms with van der Waals surface area (Å²) in [6, 6.07) is 0. The van der Waals surface area contributed by atoms with E-state index in [0.29, 0.717) is 0 Å². The monoisotopic (exact) mass is 507 g/mol. The predicted molar refractivity (Wildman–Crippen MR) is 178 cm³/mol. The predicted octanol–water partition coefficient (Wildman–Crippen LogP) is 15.0. The molecule has 1 atom stereocenters. The lowest BCUT2D eigenvalue weighted by Gasteiger charge is -2.08. The molecule has 0 rings (SSSR count). The van der Waals surface area contributed by atoms with E-state index in [1.165, 1.54) is 96.3 Å². The fourth-order valence-corrected chi connectivity index (χ4v) is 3.37. The molecule has 0 radical (unpaired) electrons. The van der Waals surface area contributed by atoms with Gasteiger partial charge in [-0.25, -0.2) is 0 Å². The van der Waals surface area contributed by atoms with Crippen LogP contribution in [0.5, 0.6) is 0 Å². The van der Waals surface area contributed by atoms with Crippen LogP contribution in [-0.4, -0.2) is 0 Å². The second kappa shape index (κ2) is 50.8. The van der Waals surface area contributed by atoms with E-state index < -0.39 is 0 Å². The highest BCUT2D eigenvalue weighted by Gasteiger charge is 1.99. The van der Waals surface area contributed by atoms with Crippen LogP contribution in [0.3, 0.4) is 0 Å². The van der Waals surface area contributed by atoms with Gasteiger partial charge in [0.05, 0.1) is 0 Å². The molecule has 0 aliphatic heterocycles. The molecule has 0 aliphatic carbocycles. The summed E-state index contributed by atoms with van der Waals surface area (Å²) in [6.07, 6.45) is 20.7. The third kappa shape index (κ3) is 65.8. The fourth-order valence-electron chi connectivity index (χ4n) is 3.37. The highest BCUT2D eigenvalue weighted by atomic mass is 14.0. The molecular formula is C35H86. The zero-order valence-corrected chi connectivity index (χ0v) is 24.9. The number of hydrogen-bond donors (Lipinski definition) is 0. The Morgan fingerprint density at radius 1 is 0.314 bits per heavy atom. The van der Waals surface area contributed by atoms with E-state index in [9.17, 15) is 0 Å². The Labute approximate surface area is 232 Å². The fraction of sp³-hybridized carbons (Fsp3) is 1.00. The van der Waals surface area contributed by atoms with Crippen molar-refractivity contribution in [2.45, 2.75) is 209 Å². The maximum absolute atomic E-state index is 2.38. The van der Waals surface area contributed by atoms with Crippen molar-refractivity contribution in [1.29, 1.82) is 0 Å². The summed E-state index contributed by atoms with van der Waals surface area (Å²) in [5, 5.41) is 0. The van der Waals surface area contributed by atoms with E-state index in [1.54, 1.807) is 0 Å². The highest BCUT2D eigenvalue weighted by molar-refractivity contribution is 4.52. The summed E-state index contributed by atoms with van der Waals surface area (Å²) in [4.78, 5) is 0. The number of hydrogen-bond acceptors (Lipinski definition) is 0. The van der Waals surface area contributed by atoms with Crippen molar-refractivity contribution in [1.82, 2.24) is 0 Å². The largest absolute Gasteiger partial charge is 0.0776 e. The molecule has 0 aromatic rings. The summed E-state index contributed by atoms with van der Waals surface area (Å²) >= 11 is 0. The van der Waals surface area contributed by atoms with Crippen LogP contribution >= 0.6 is 0 Å². The van der Waals surface area contributed by atoms with Crippen LogP contribution in [-0.2, 0) is 0 Å². The molecule has 0 bridgehead atoms. The number of rotatable bonds is 15. The van der Waals surface area contributed by atoms with E-state index in [4.69, 9.17) is 0 Å². The molecule has 0 spiro atoms. The smallest absolute Gasteiger partial charge is 0.0443 e. The van der Waals surface area contributed by atoms with Crippen LogP contribution in [0.1, 0.15) is 209 Å². The van der Waals surface area contributed by atoms with Gasteiger partial charge in [0.2, 0.25) is 0 Å². The van der Waals surface area contributed by atoms with Crippen molar-refractivity contribution in [3.8, 4) is 0 Å². The average molecular weight is 507 g/mol. The van der Waals surface area contributed by atoms with Crippen LogP contribution in [0.4, 0.5) is 0 Å². The third-order valence-corrected chi connectivity index (χ3v) is 6.54. The topological polar surface area (TPSA) is 0 Å². The summed E-state index contributed by atoms with van der Waals surface area (Å²) in [5.41, 5.74) is 0. The van der Waals surface area contributed by atoms with E-state index >= 15 is 0 Å². The van der Waals surface area contributed by atoms with E-state index in [0.717, 1.165) is 23.7 Å². The van der Waals surface area contributed by atoms with E-state index in [-0.39, 0.29) is 29.7 Å². The molecule has 0 aromatic heterocycles. The van der Waals surface area contributed by atoms with Gasteiger partial charge in [0.25, 0.3) is 0 Å². The van der Waals surface area contributed by atoms with Gasteiger partial charge in [-0.05, 0) is 23.7 Å². The van der Waals surface area contributed by atoms with Crippen LogP contribution in [0.2, 0.25) is 0 Å². The summed E-state index contributed by atoms with van der Waals surface area (Å²) < 4.78 is 0. The first-order valence-electron chi connectivity index (χ1n) is 14.7. The molecule has 0 nitrogen and oxygen atoms in total. The molecule has 0 fully saturated rings. The molecule has 35 heavy (non-hydrogen) atoms. The first kappa shape index (κ1) is 55.5. The van der Waals surface area contributed by atoms with Crippen LogP contribution in [0.15, 0.2) is 0 Å². The zero-order chi connectivity index (χ0) is 24.9. The molecule has 0 aromatic carbocycles. The maximum atomic E-state index is 2.38. The maximum Gasteiger partial charge on any atom is -0.0443 e. The van der Waals surface area contributed by atoms with Gasteiger partial charge in [-0.2, -0.15) is 0 Å². The van der Waals surface area contributed by atoms with E-state index in [1.807, 2.05) is 0 Å².